The van der Waals surface area contributed by atoms with Crippen LogP contribution in [0.5, 0.6) is 0 Å². The summed E-state index contributed by atoms with van der Waals surface area (Å²) in [5.41, 5.74) is 1.08. The molecule has 0 amide bonds. The summed E-state index contributed by atoms with van der Waals surface area (Å²) in [7, 11) is 0. The fourth-order valence-corrected chi connectivity index (χ4v) is 6.56. The second-order valence-corrected chi connectivity index (χ2v) is 10.6. The number of fused-ring (bicyclic) bond motifs is 1. The number of alkyl halides is 3. The molecule has 0 saturated heterocycles. The average Bonchev–Trinajstić information content (AvgIpc) is 3.55. The lowest BCUT2D eigenvalue weighted by molar-refractivity contribution is -0.138. The zero-order valence-corrected chi connectivity index (χ0v) is 21.4. The van der Waals surface area contributed by atoms with Gasteiger partial charge in [0.05, 0.1) is 22.5 Å². The smallest absolute Gasteiger partial charge is 0.416 e. The molecule has 2 aromatic carbocycles. The van der Waals surface area contributed by atoms with Crippen LogP contribution in [0.25, 0.3) is 5.69 Å². The van der Waals surface area contributed by atoms with Gasteiger partial charge in [-0.3, -0.25) is 4.79 Å². The van der Waals surface area contributed by atoms with Gasteiger partial charge < -0.3 is 10.4 Å². The van der Waals surface area contributed by atoms with Crippen LogP contribution in [0.15, 0.2) is 77.3 Å². The number of anilines is 1. The fraction of sp³-hybridized carbons (Fsp3) is 0.207. The number of hydrogen-bond acceptors (Lipinski definition) is 5. The largest absolute Gasteiger partial charge is 0.478 e. The molecule has 39 heavy (non-hydrogen) atoms. The Bertz CT molecular complexity index is 1650. The van der Waals surface area contributed by atoms with Gasteiger partial charge in [0.2, 0.25) is 0 Å². The van der Waals surface area contributed by atoms with Crippen molar-refractivity contribution in [2.75, 3.05) is 5.32 Å². The first-order chi connectivity index (χ1) is 18.6. The van der Waals surface area contributed by atoms with Gasteiger partial charge in [0.25, 0.3) is 0 Å². The molecular weight excluding hydrogens is 527 g/mol. The molecule has 0 saturated carbocycles. The lowest BCUT2D eigenvalue weighted by atomic mass is 9.72. The minimum atomic E-state index is -4.64. The number of rotatable bonds is 4. The topological polar surface area (TPSA) is 84.2 Å². The first kappa shape index (κ1) is 25.1. The molecule has 10 heteroatoms. The van der Waals surface area contributed by atoms with Crippen molar-refractivity contribution in [2.45, 2.75) is 37.8 Å². The quantitative estimate of drug-likeness (QED) is 0.289. The van der Waals surface area contributed by atoms with E-state index in [2.05, 4.69) is 10.4 Å². The van der Waals surface area contributed by atoms with Crippen LogP contribution in [-0.4, -0.2) is 26.6 Å². The summed E-state index contributed by atoms with van der Waals surface area (Å²) in [5.74, 6) is -2.15. The lowest BCUT2D eigenvalue weighted by Gasteiger charge is -2.36. The van der Waals surface area contributed by atoms with Crippen molar-refractivity contribution < 1.29 is 27.9 Å². The summed E-state index contributed by atoms with van der Waals surface area (Å²) >= 11 is 1.53. The van der Waals surface area contributed by atoms with E-state index in [1.807, 2.05) is 17.5 Å². The number of carboxylic acid groups (broad SMARTS) is 1. The second-order valence-electron chi connectivity index (χ2n) is 9.66. The molecule has 2 N–H and O–H groups in total. The van der Waals surface area contributed by atoms with E-state index >= 15 is 0 Å². The highest BCUT2D eigenvalue weighted by Gasteiger charge is 2.45. The van der Waals surface area contributed by atoms with Gasteiger partial charge in [0.15, 0.2) is 5.78 Å². The monoisotopic (exact) mass is 549 g/mol. The molecule has 0 bridgehead atoms. The Morgan fingerprint density at radius 2 is 1.82 bits per heavy atom. The van der Waals surface area contributed by atoms with E-state index in [9.17, 15) is 27.9 Å². The van der Waals surface area contributed by atoms with Crippen LogP contribution in [0.3, 0.4) is 0 Å². The van der Waals surface area contributed by atoms with Gasteiger partial charge in [0, 0.05) is 40.0 Å². The highest BCUT2D eigenvalue weighted by molar-refractivity contribution is 7.10. The van der Waals surface area contributed by atoms with Crippen molar-refractivity contribution in [1.29, 1.82) is 0 Å². The highest BCUT2D eigenvalue weighted by Crippen LogP contribution is 2.52. The number of benzene rings is 2. The molecule has 0 radical (unpaired) electrons. The maximum atomic E-state index is 14.3. The zero-order valence-electron chi connectivity index (χ0n) is 20.6. The van der Waals surface area contributed by atoms with Crippen LogP contribution >= 0.6 is 11.3 Å². The maximum Gasteiger partial charge on any atom is 0.416 e. The predicted octanol–water partition coefficient (Wildman–Crippen LogP) is 6.92. The van der Waals surface area contributed by atoms with Crippen LogP contribution in [-0.2, 0) is 11.0 Å². The molecular formula is C29H22F3N3O3S. The van der Waals surface area contributed by atoms with Crippen LogP contribution in [0.2, 0.25) is 0 Å². The third kappa shape index (κ3) is 4.15. The van der Waals surface area contributed by atoms with Crippen molar-refractivity contribution in [3.8, 4) is 5.69 Å². The zero-order chi connectivity index (χ0) is 27.5. The van der Waals surface area contributed by atoms with E-state index < -0.39 is 23.6 Å². The summed E-state index contributed by atoms with van der Waals surface area (Å²) in [6.45, 7) is 1.66. The molecule has 0 fully saturated rings. The number of hydrogen-bond donors (Lipinski definition) is 2. The molecule has 4 aromatic rings. The van der Waals surface area contributed by atoms with Crippen molar-refractivity contribution in [1.82, 2.24) is 9.78 Å². The number of nitrogens with zero attached hydrogens (tertiary/aromatic N) is 2. The molecule has 1 aliphatic carbocycles. The number of aryl methyl sites for hydroxylation is 1. The number of nitrogens with one attached hydrogen (secondary N) is 1. The number of carbonyl (C=O) groups is 2. The molecule has 2 atom stereocenters. The third-order valence-corrected chi connectivity index (χ3v) is 8.38. The molecule has 2 aliphatic rings. The van der Waals surface area contributed by atoms with E-state index in [1.165, 1.54) is 40.3 Å². The Morgan fingerprint density at radius 3 is 2.54 bits per heavy atom. The summed E-state index contributed by atoms with van der Waals surface area (Å²) in [6, 6.07) is 15.5. The number of ketones is 1. The standard InChI is InChI=1S/C29H22F3N3O3S/c1-15-24-25(17-7-2-4-9-19(17)29(30,31)32)26-20(13-16(14-22(26)36)23-11-6-12-39-23)33-27(24)35(34-15)21-10-5-3-8-18(21)28(37)38/h2-12,16,25,33H,13-14H2,1H3,(H,37,38). The number of allylic oxidation sites excluding steroid dienone is 2. The predicted molar refractivity (Wildman–Crippen MR) is 140 cm³/mol. The second kappa shape index (κ2) is 9.23. The van der Waals surface area contributed by atoms with Crippen LogP contribution in [0, 0.1) is 6.92 Å². The Hall–Kier alpha value is -4.18. The van der Waals surface area contributed by atoms with Crippen LogP contribution < -0.4 is 5.32 Å². The Morgan fingerprint density at radius 1 is 1.08 bits per heavy atom. The highest BCUT2D eigenvalue weighted by atomic mass is 32.1. The average molecular weight is 550 g/mol. The summed E-state index contributed by atoms with van der Waals surface area (Å²) in [6.07, 6.45) is -4.02. The summed E-state index contributed by atoms with van der Waals surface area (Å²) in [4.78, 5) is 26.8. The van der Waals surface area contributed by atoms with Crippen molar-refractivity contribution >= 4 is 28.9 Å². The minimum Gasteiger partial charge on any atom is -0.478 e. The molecule has 3 heterocycles. The van der Waals surface area contributed by atoms with Crippen molar-refractivity contribution in [3.63, 3.8) is 0 Å². The van der Waals surface area contributed by atoms with Gasteiger partial charge in [-0.25, -0.2) is 9.48 Å². The summed E-state index contributed by atoms with van der Waals surface area (Å²) < 4.78 is 44.2. The molecule has 198 valence electrons. The van der Waals surface area contributed by atoms with E-state index in [-0.39, 0.29) is 34.9 Å². The van der Waals surface area contributed by atoms with E-state index in [1.54, 1.807) is 25.1 Å². The fourth-order valence-electron chi connectivity index (χ4n) is 5.73. The van der Waals surface area contributed by atoms with Crippen molar-refractivity contribution in [3.05, 3.63) is 110 Å². The minimum absolute atomic E-state index is 0.00667. The van der Waals surface area contributed by atoms with Crippen LogP contribution in [0.4, 0.5) is 19.0 Å². The first-order valence-corrected chi connectivity index (χ1v) is 13.2. The number of aromatic carboxylic acids is 1. The van der Waals surface area contributed by atoms with Crippen LogP contribution in [0.1, 0.15) is 62.3 Å². The maximum absolute atomic E-state index is 14.3. The number of Topliss-reactive ketones (excluding diaryl/α,β-unsaturated/α-hetero) is 1. The summed E-state index contributed by atoms with van der Waals surface area (Å²) in [5, 5.41) is 19.7. The van der Waals surface area contributed by atoms with Gasteiger partial charge in [-0.1, -0.05) is 36.4 Å². The number of para-hydroxylation sites is 1. The lowest BCUT2D eigenvalue weighted by Crippen LogP contribution is -2.31. The SMILES string of the molecule is Cc1nn(-c2ccccc2C(=O)O)c2c1C(c1ccccc1C(F)(F)F)C1=C(CC(c3cccs3)CC1=O)N2. The Kier molecular flexibility index (Phi) is 5.95. The van der Waals surface area contributed by atoms with Gasteiger partial charge in [-0.2, -0.15) is 18.3 Å². The number of carboxylic acids is 1. The first-order valence-electron chi connectivity index (χ1n) is 12.3. The molecule has 2 aromatic heterocycles. The van der Waals surface area contributed by atoms with Gasteiger partial charge in [0.1, 0.15) is 5.82 Å². The van der Waals surface area contributed by atoms with Gasteiger partial charge in [-0.05, 0) is 48.6 Å². The van der Waals surface area contributed by atoms with Gasteiger partial charge >= 0.3 is 12.1 Å². The Labute approximate surface area is 225 Å². The molecule has 0 spiro atoms. The van der Waals surface area contributed by atoms with E-state index in [0.29, 0.717) is 34.8 Å². The molecule has 6 rings (SSSR count). The third-order valence-electron chi connectivity index (χ3n) is 7.35. The molecule has 1 aliphatic heterocycles. The Balaban J connectivity index is 1.61. The number of carbonyl (C=O) groups excluding carboxylic acids is 1. The van der Waals surface area contributed by atoms with E-state index in [0.717, 1.165) is 10.9 Å². The number of halogens is 3. The molecule has 2 unspecified atom stereocenters. The van der Waals surface area contributed by atoms with Crippen molar-refractivity contribution in [2.24, 2.45) is 0 Å². The molecule has 6 nitrogen and oxygen atoms in total. The van der Waals surface area contributed by atoms with Gasteiger partial charge in [-0.15, -0.1) is 11.3 Å². The number of thiophene rings is 1. The number of aromatic nitrogens is 2. The normalized spacial score (nSPS) is 18.9. The van der Waals surface area contributed by atoms with E-state index in [4.69, 9.17) is 0 Å².